The van der Waals surface area contributed by atoms with E-state index in [9.17, 15) is 9.59 Å². The second-order valence-electron chi connectivity index (χ2n) is 6.06. The SMILES string of the molecule is COC(=O)CC1=C(CC(=O)OC)C2CCC1C(C)C2C. The predicted octanol–water partition coefficient (Wildman–Crippen LogP) is 2.72. The van der Waals surface area contributed by atoms with E-state index in [4.69, 9.17) is 9.47 Å². The van der Waals surface area contributed by atoms with Gasteiger partial charge in [-0.25, -0.2) is 0 Å². The summed E-state index contributed by atoms with van der Waals surface area (Å²) in [5, 5.41) is 0. The van der Waals surface area contributed by atoms with Crippen molar-refractivity contribution in [1.29, 1.82) is 0 Å². The first-order chi connectivity index (χ1) is 9.49. The Morgan fingerprint density at radius 3 is 1.55 bits per heavy atom. The molecule has 0 amide bonds. The quantitative estimate of drug-likeness (QED) is 0.587. The van der Waals surface area contributed by atoms with Gasteiger partial charge in [0.05, 0.1) is 27.1 Å². The Balaban J connectivity index is 2.34. The minimum Gasteiger partial charge on any atom is -0.469 e. The van der Waals surface area contributed by atoms with Gasteiger partial charge in [-0.1, -0.05) is 25.0 Å². The summed E-state index contributed by atoms with van der Waals surface area (Å²) in [4.78, 5) is 23.3. The van der Waals surface area contributed by atoms with Crippen molar-refractivity contribution in [2.24, 2.45) is 23.7 Å². The van der Waals surface area contributed by atoms with Gasteiger partial charge in [0.15, 0.2) is 0 Å². The van der Waals surface area contributed by atoms with E-state index in [1.807, 2.05) is 0 Å². The summed E-state index contributed by atoms with van der Waals surface area (Å²) in [5.41, 5.74) is 2.29. The van der Waals surface area contributed by atoms with Crippen LogP contribution < -0.4 is 0 Å². The van der Waals surface area contributed by atoms with Gasteiger partial charge in [0, 0.05) is 0 Å². The molecule has 1 fully saturated rings. The van der Waals surface area contributed by atoms with Crippen LogP contribution in [0.15, 0.2) is 11.1 Å². The summed E-state index contributed by atoms with van der Waals surface area (Å²) < 4.78 is 9.63. The van der Waals surface area contributed by atoms with E-state index in [1.54, 1.807) is 0 Å². The Bertz CT molecular complexity index is 398. The number of fused-ring (bicyclic) bond motifs is 2. The monoisotopic (exact) mass is 280 g/mol. The van der Waals surface area contributed by atoms with Crippen LogP contribution in [0.4, 0.5) is 0 Å². The maximum absolute atomic E-state index is 11.7. The molecular weight excluding hydrogens is 256 g/mol. The smallest absolute Gasteiger partial charge is 0.309 e. The summed E-state index contributed by atoms with van der Waals surface area (Å²) in [7, 11) is 2.83. The van der Waals surface area contributed by atoms with Crippen molar-refractivity contribution in [3.8, 4) is 0 Å². The number of hydrogen-bond acceptors (Lipinski definition) is 4. The number of ether oxygens (including phenoxy) is 2. The highest BCUT2D eigenvalue weighted by molar-refractivity contribution is 5.76. The van der Waals surface area contributed by atoms with Crippen LogP contribution in [0.3, 0.4) is 0 Å². The zero-order valence-corrected chi connectivity index (χ0v) is 12.8. The minimum atomic E-state index is -0.213. The van der Waals surface area contributed by atoms with E-state index in [2.05, 4.69) is 13.8 Å². The number of rotatable bonds is 4. The zero-order chi connectivity index (χ0) is 14.9. The fraction of sp³-hybridized carbons (Fsp3) is 0.750. The lowest BCUT2D eigenvalue weighted by molar-refractivity contribution is -0.141. The molecule has 2 bridgehead atoms. The number of carbonyl (C=O) groups is 2. The fourth-order valence-electron chi connectivity index (χ4n) is 4.02. The molecular formula is C16H24O4. The van der Waals surface area contributed by atoms with E-state index >= 15 is 0 Å². The Morgan fingerprint density at radius 1 is 0.900 bits per heavy atom. The fourth-order valence-corrected chi connectivity index (χ4v) is 4.02. The van der Waals surface area contributed by atoms with Gasteiger partial charge in [0.2, 0.25) is 0 Å². The molecule has 4 unspecified atom stereocenters. The third-order valence-corrected chi connectivity index (χ3v) is 5.32. The largest absolute Gasteiger partial charge is 0.469 e. The molecule has 0 spiro atoms. The number of esters is 2. The molecule has 0 heterocycles. The maximum Gasteiger partial charge on any atom is 0.309 e. The predicted molar refractivity (Wildman–Crippen MR) is 74.8 cm³/mol. The molecule has 3 aliphatic rings. The first kappa shape index (κ1) is 15.1. The lowest BCUT2D eigenvalue weighted by Crippen LogP contribution is -2.40. The Morgan fingerprint density at radius 2 is 1.25 bits per heavy atom. The molecule has 4 nitrogen and oxygen atoms in total. The average Bonchev–Trinajstić information content (AvgIpc) is 2.45. The van der Waals surface area contributed by atoms with E-state index < -0.39 is 0 Å². The lowest BCUT2D eigenvalue weighted by atomic mass is 9.56. The van der Waals surface area contributed by atoms with Crippen molar-refractivity contribution in [1.82, 2.24) is 0 Å². The van der Waals surface area contributed by atoms with Gasteiger partial charge in [0.25, 0.3) is 0 Å². The van der Waals surface area contributed by atoms with Crippen LogP contribution in [0.25, 0.3) is 0 Å². The molecule has 4 atom stereocenters. The summed E-state index contributed by atoms with van der Waals surface area (Å²) >= 11 is 0. The van der Waals surface area contributed by atoms with Crippen molar-refractivity contribution in [3.05, 3.63) is 11.1 Å². The molecule has 0 aromatic carbocycles. The molecule has 20 heavy (non-hydrogen) atoms. The summed E-state index contributed by atoms with van der Waals surface area (Å²) in [6.07, 6.45) is 2.88. The number of hydrogen-bond donors (Lipinski definition) is 0. The molecule has 112 valence electrons. The Kier molecular flexibility index (Phi) is 4.51. The van der Waals surface area contributed by atoms with Crippen LogP contribution in [0.1, 0.15) is 39.5 Å². The Labute approximate surface area is 120 Å². The standard InChI is InChI=1S/C16H24O4/c1-9-10(2)12-6-5-11(9)13(7-15(17)19-3)14(12)8-16(18)20-4/h9-12H,5-8H2,1-4H3. The summed E-state index contributed by atoms with van der Waals surface area (Å²) in [5.74, 6) is 1.52. The van der Waals surface area contributed by atoms with E-state index in [1.165, 1.54) is 14.2 Å². The third kappa shape index (κ3) is 2.60. The van der Waals surface area contributed by atoms with Crippen molar-refractivity contribution >= 4 is 11.9 Å². The maximum atomic E-state index is 11.7. The molecule has 1 saturated carbocycles. The molecule has 0 radical (unpaired) electrons. The van der Waals surface area contributed by atoms with Crippen molar-refractivity contribution in [3.63, 3.8) is 0 Å². The van der Waals surface area contributed by atoms with Gasteiger partial charge < -0.3 is 9.47 Å². The highest BCUT2D eigenvalue weighted by atomic mass is 16.5. The van der Waals surface area contributed by atoms with Crippen LogP contribution in [0.2, 0.25) is 0 Å². The second-order valence-corrected chi connectivity index (χ2v) is 6.06. The molecule has 0 aromatic rings. The topological polar surface area (TPSA) is 52.6 Å². The van der Waals surface area contributed by atoms with E-state index in [0.717, 1.165) is 24.0 Å². The normalized spacial score (nSPS) is 32.2. The van der Waals surface area contributed by atoms with Crippen LogP contribution in [-0.4, -0.2) is 26.2 Å². The summed E-state index contributed by atoms with van der Waals surface area (Å²) in [6.45, 7) is 4.52. The highest BCUT2D eigenvalue weighted by Crippen LogP contribution is 2.53. The molecule has 3 aliphatic carbocycles. The molecule has 0 aromatic heterocycles. The van der Waals surface area contributed by atoms with Crippen LogP contribution in [0, 0.1) is 23.7 Å². The van der Waals surface area contributed by atoms with Gasteiger partial charge in [-0.15, -0.1) is 0 Å². The third-order valence-electron chi connectivity index (χ3n) is 5.32. The Hall–Kier alpha value is -1.32. The molecule has 0 aliphatic heterocycles. The van der Waals surface area contributed by atoms with Crippen LogP contribution in [-0.2, 0) is 19.1 Å². The molecule has 4 heteroatoms. The van der Waals surface area contributed by atoms with E-state index in [-0.39, 0.29) is 11.9 Å². The van der Waals surface area contributed by atoms with Crippen molar-refractivity contribution in [2.75, 3.05) is 14.2 Å². The van der Waals surface area contributed by atoms with E-state index in [0.29, 0.717) is 36.5 Å². The van der Waals surface area contributed by atoms with Crippen LogP contribution in [0.5, 0.6) is 0 Å². The lowest BCUT2D eigenvalue weighted by Gasteiger charge is -2.48. The highest BCUT2D eigenvalue weighted by Gasteiger charge is 2.44. The van der Waals surface area contributed by atoms with Crippen LogP contribution >= 0.6 is 0 Å². The minimum absolute atomic E-state index is 0.213. The first-order valence-corrected chi connectivity index (χ1v) is 7.35. The first-order valence-electron chi connectivity index (χ1n) is 7.35. The number of carbonyl (C=O) groups excluding carboxylic acids is 2. The van der Waals surface area contributed by atoms with Gasteiger partial charge in [-0.3, -0.25) is 9.59 Å². The second kappa shape index (κ2) is 5.98. The zero-order valence-electron chi connectivity index (χ0n) is 12.8. The summed E-state index contributed by atoms with van der Waals surface area (Å²) in [6, 6.07) is 0. The van der Waals surface area contributed by atoms with Gasteiger partial charge >= 0.3 is 11.9 Å². The van der Waals surface area contributed by atoms with Crippen molar-refractivity contribution < 1.29 is 19.1 Å². The number of methoxy groups -OCH3 is 2. The molecule has 3 rings (SSSR count). The average molecular weight is 280 g/mol. The van der Waals surface area contributed by atoms with Gasteiger partial charge in [-0.2, -0.15) is 0 Å². The van der Waals surface area contributed by atoms with Crippen molar-refractivity contribution in [2.45, 2.75) is 39.5 Å². The molecule has 0 saturated heterocycles. The van der Waals surface area contributed by atoms with Gasteiger partial charge in [0.1, 0.15) is 0 Å². The molecule has 0 N–H and O–H groups in total. The van der Waals surface area contributed by atoms with Gasteiger partial charge in [-0.05, 0) is 36.5 Å².